The molecule has 1 amide bonds. The minimum Gasteiger partial charge on any atom is -0.488 e. The molecule has 3 nitrogen and oxygen atoms in total. The summed E-state index contributed by atoms with van der Waals surface area (Å²) < 4.78 is 7.24. The summed E-state index contributed by atoms with van der Waals surface area (Å²) in [5, 5.41) is 1.14. The molecule has 8 heteroatoms. The van der Waals surface area contributed by atoms with E-state index < -0.39 is 0 Å². The Hall–Kier alpha value is -1.83. The molecule has 1 saturated heterocycles. The summed E-state index contributed by atoms with van der Waals surface area (Å²) in [5.74, 6) is 0.587. The first-order valence-corrected chi connectivity index (χ1v) is 12.7. The Kier molecular flexibility index (Phi) is 7.82. The molecule has 0 unspecified atom stereocenters. The van der Waals surface area contributed by atoms with Gasteiger partial charge in [0.1, 0.15) is 16.7 Å². The number of thiocarbonyl (C=S) groups is 1. The van der Waals surface area contributed by atoms with Crippen molar-refractivity contribution in [3.8, 4) is 5.75 Å². The predicted molar refractivity (Wildman–Crippen MR) is 145 cm³/mol. The van der Waals surface area contributed by atoms with Crippen molar-refractivity contribution >= 4 is 79.4 Å². The number of hydrogen-bond donors (Lipinski definition) is 0. The molecule has 1 heterocycles. The van der Waals surface area contributed by atoms with Gasteiger partial charge in [-0.2, -0.15) is 0 Å². The molecule has 1 aliphatic rings. The third-order valence-corrected chi connectivity index (χ3v) is 7.57. The molecule has 168 valence electrons. The molecule has 3 aromatic rings. The molecule has 3 aromatic carbocycles. The van der Waals surface area contributed by atoms with Gasteiger partial charge in [0, 0.05) is 15.6 Å². The van der Waals surface area contributed by atoms with Crippen molar-refractivity contribution in [1.82, 2.24) is 4.90 Å². The summed E-state index contributed by atoms with van der Waals surface area (Å²) in [6, 6.07) is 19.1. The molecule has 0 bridgehead atoms. The number of amides is 1. The maximum Gasteiger partial charge on any atom is 0.266 e. The van der Waals surface area contributed by atoms with Crippen LogP contribution in [0.15, 0.2) is 70.0 Å². The standard InChI is InChI=1S/C25H18BrCl2NO2S2/c1-15-2-4-16(5-3-15)13-29-24(30)23(33-25(29)32)11-17-6-9-22(20(26)10-17)31-14-18-7-8-19(27)12-21(18)28/h2-12H,13-14H2,1H3. The van der Waals surface area contributed by atoms with Crippen LogP contribution in [0, 0.1) is 6.92 Å². The summed E-state index contributed by atoms with van der Waals surface area (Å²) in [5.41, 5.74) is 3.94. The van der Waals surface area contributed by atoms with E-state index in [1.807, 2.05) is 61.5 Å². The second kappa shape index (κ2) is 10.6. The third kappa shape index (κ3) is 6.00. The number of halogens is 3. The molecule has 0 N–H and O–H groups in total. The van der Waals surface area contributed by atoms with Crippen LogP contribution in [0.4, 0.5) is 0 Å². The Morgan fingerprint density at radius 2 is 1.85 bits per heavy atom. The Morgan fingerprint density at radius 3 is 2.55 bits per heavy atom. The topological polar surface area (TPSA) is 29.5 Å². The van der Waals surface area contributed by atoms with Crippen molar-refractivity contribution in [3.05, 3.63) is 102 Å². The smallest absolute Gasteiger partial charge is 0.266 e. The Balaban J connectivity index is 1.45. The van der Waals surface area contributed by atoms with E-state index in [0.717, 1.165) is 21.2 Å². The SMILES string of the molecule is Cc1ccc(CN2C(=O)C(=Cc3ccc(OCc4ccc(Cl)cc4Cl)c(Br)c3)SC2=S)cc1. The second-order valence-electron chi connectivity index (χ2n) is 7.47. The van der Waals surface area contributed by atoms with Gasteiger partial charge in [-0.15, -0.1) is 0 Å². The molecule has 0 saturated carbocycles. The lowest BCUT2D eigenvalue weighted by atomic mass is 10.1. The van der Waals surface area contributed by atoms with Crippen LogP contribution in [0.1, 0.15) is 22.3 Å². The number of thioether (sulfide) groups is 1. The zero-order valence-corrected chi connectivity index (χ0v) is 22.2. The molecule has 1 aliphatic heterocycles. The fourth-order valence-electron chi connectivity index (χ4n) is 3.18. The molecule has 0 aromatic heterocycles. The average Bonchev–Trinajstić information content (AvgIpc) is 3.03. The minimum atomic E-state index is -0.0839. The summed E-state index contributed by atoms with van der Waals surface area (Å²) >= 11 is 22.5. The van der Waals surface area contributed by atoms with Crippen molar-refractivity contribution in [1.29, 1.82) is 0 Å². The first kappa shape index (κ1) is 24.3. The number of ether oxygens (including phenoxy) is 1. The van der Waals surface area contributed by atoms with Crippen LogP contribution in [0.5, 0.6) is 5.75 Å². The van der Waals surface area contributed by atoms with Gasteiger partial charge >= 0.3 is 0 Å². The number of carbonyl (C=O) groups is 1. The van der Waals surface area contributed by atoms with E-state index >= 15 is 0 Å². The molecule has 0 atom stereocenters. The molecule has 0 aliphatic carbocycles. The fourth-order valence-corrected chi connectivity index (χ4v) is 5.41. The van der Waals surface area contributed by atoms with Gasteiger partial charge in [-0.1, -0.05) is 89.1 Å². The Bertz CT molecular complexity index is 1260. The number of aryl methyl sites for hydroxylation is 1. The number of carbonyl (C=O) groups excluding carboxylic acids is 1. The quantitative estimate of drug-likeness (QED) is 0.219. The molecule has 0 spiro atoms. The van der Waals surface area contributed by atoms with E-state index in [4.69, 9.17) is 40.2 Å². The molecule has 33 heavy (non-hydrogen) atoms. The van der Waals surface area contributed by atoms with Crippen LogP contribution in [-0.2, 0) is 17.9 Å². The van der Waals surface area contributed by atoms with Gasteiger partial charge in [0.25, 0.3) is 5.91 Å². The van der Waals surface area contributed by atoms with Crippen LogP contribution in [0.3, 0.4) is 0 Å². The van der Waals surface area contributed by atoms with Crippen LogP contribution in [0.2, 0.25) is 10.0 Å². The van der Waals surface area contributed by atoms with Crippen LogP contribution >= 0.6 is 63.1 Å². The average molecular weight is 579 g/mol. The molecular formula is C25H18BrCl2NO2S2. The first-order valence-electron chi connectivity index (χ1n) is 9.97. The van der Waals surface area contributed by atoms with Gasteiger partial charge in [0.05, 0.1) is 15.9 Å². The van der Waals surface area contributed by atoms with E-state index in [0.29, 0.717) is 38.2 Å². The van der Waals surface area contributed by atoms with Gasteiger partial charge in [-0.05, 0) is 64.3 Å². The monoisotopic (exact) mass is 577 g/mol. The molecule has 0 radical (unpaired) electrons. The lowest BCUT2D eigenvalue weighted by Crippen LogP contribution is -2.27. The predicted octanol–water partition coefficient (Wildman–Crippen LogP) is 8.04. The zero-order valence-electron chi connectivity index (χ0n) is 17.5. The first-order chi connectivity index (χ1) is 15.8. The maximum atomic E-state index is 12.9. The van der Waals surface area contributed by atoms with Crippen molar-refractivity contribution in [2.24, 2.45) is 0 Å². The summed E-state index contributed by atoms with van der Waals surface area (Å²) in [4.78, 5) is 15.2. The highest BCUT2D eigenvalue weighted by atomic mass is 79.9. The number of nitrogens with zero attached hydrogens (tertiary/aromatic N) is 1. The van der Waals surface area contributed by atoms with Crippen molar-refractivity contribution in [2.45, 2.75) is 20.1 Å². The Morgan fingerprint density at radius 1 is 1.09 bits per heavy atom. The molecule has 1 fully saturated rings. The largest absolute Gasteiger partial charge is 0.488 e. The van der Waals surface area contributed by atoms with E-state index in [1.165, 1.54) is 17.3 Å². The van der Waals surface area contributed by atoms with Crippen LogP contribution in [-0.4, -0.2) is 15.1 Å². The lowest BCUT2D eigenvalue weighted by molar-refractivity contribution is -0.122. The summed E-state index contributed by atoms with van der Waals surface area (Å²) in [6.07, 6.45) is 1.85. The normalized spacial score (nSPS) is 14.9. The fraction of sp³-hybridized carbons (Fsp3) is 0.120. The van der Waals surface area contributed by atoms with Gasteiger partial charge in [-0.25, -0.2) is 0 Å². The van der Waals surface area contributed by atoms with Crippen molar-refractivity contribution in [2.75, 3.05) is 0 Å². The van der Waals surface area contributed by atoms with Gasteiger partial charge in [-0.3, -0.25) is 9.69 Å². The van der Waals surface area contributed by atoms with E-state index in [-0.39, 0.29) is 5.91 Å². The summed E-state index contributed by atoms with van der Waals surface area (Å²) in [6.45, 7) is 2.81. The van der Waals surface area contributed by atoms with Gasteiger partial charge in [0.2, 0.25) is 0 Å². The number of hydrogen-bond acceptors (Lipinski definition) is 4. The van der Waals surface area contributed by atoms with Crippen LogP contribution in [0.25, 0.3) is 6.08 Å². The molecular weight excluding hydrogens is 561 g/mol. The van der Waals surface area contributed by atoms with E-state index in [9.17, 15) is 4.79 Å². The van der Waals surface area contributed by atoms with Gasteiger partial charge in [0.15, 0.2) is 0 Å². The highest BCUT2D eigenvalue weighted by Crippen LogP contribution is 2.35. The minimum absolute atomic E-state index is 0.0839. The Labute approximate surface area is 220 Å². The number of benzene rings is 3. The highest BCUT2D eigenvalue weighted by Gasteiger charge is 2.32. The second-order valence-corrected chi connectivity index (χ2v) is 10.8. The van der Waals surface area contributed by atoms with E-state index in [1.54, 1.807) is 17.0 Å². The van der Waals surface area contributed by atoms with Gasteiger partial charge < -0.3 is 4.74 Å². The zero-order chi connectivity index (χ0) is 23.5. The third-order valence-electron chi connectivity index (χ3n) is 4.99. The summed E-state index contributed by atoms with van der Waals surface area (Å²) in [7, 11) is 0. The number of rotatable bonds is 6. The lowest BCUT2D eigenvalue weighted by Gasteiger charge is -2.14. The van der Waals surface area contributed by atoms with Crippen molar-refractivity contribution < 1.29 is 9.53 Å². The van der Waals surface area contributed by atoms with Crippen LogP contribution < -0.4 is 4.74 Å². The highest BCUT2D eigenvalue weighted by molar-refractivity contribution is 9.10. The maximum absolute atomic E-state index is 12.9. The van der Waals surface area contributed by atoms with E-state index in [2.05, 4.69) is 15.9 Å². The molecule has 4 rings (SSSR count). The van der Waals surface area contributed by atoms with Crippen molar-refractivity contribution in [3.63, 3.8) is 0 Å².